The van der Waals surface area contributed by atoms with Crippen LogP contribution in [0.25, 0.3) is 0 Å². The molecule has 0 spiro atoms. The van der Waals surface area contributed by atoms with E-state index in [1.54, 1.807) is 11.3 Å². The van der Waals surface area contributed by atoms with Crippen LogP contribution in [0.4, 0.5) is 0 Å². The Morgan fingerprint density at radius 3 is 2.81 bits per heavy atom. The molecule has 1 N–H and O–H groups in total. The summed E-state index contributed by atoms with van der Waals surface area (Å²) >= 11 is 5.21. The van der Waals surface area contributed by atoms with Crippen LogP contribution in [0.3, 0.4) is 0 Å². The molecule has 1 atom stereocenters. The minimum absolute atomic E-state index is 0.437. The van der Waals surface area contributed by atoms with E-state index in [4.69, 9.17) is 0 Å². The van der Waals surface area contributed by atoms with Crippen LogP contribution in [-0.2, 0) is 6.42 Å². The molecule has 1 nitrogen and oxygen atoms in total. The Hall–Kier alpha value is -0.640. The fourth-order valence-electron chi connectivity index (χ4n) is 1.66. The fourth-order valence-corrected chi connectivity index (χ4v) is 2.93. The fraction of sp³-hybridized carbons (Fsp3) is 0.231. The molecule has 16 heavy (non-hydrogen) atoms. The van der Waals surface area contributed by atoms with Crippen molar-refractivity contribution in [2.24, 2.45) is 0 Å². The topological polar surface area (TPSA) is 20.2 Å². The molecule has 1 aromatic carbocycles. The minimum Gasteiger partial charge on any atom is -0.388 e. The average Bonchev–Trinajstić information content (AvgIpc) is 2.74. The Morgan fingerprint density at radius 1 is 1.31 bits per heavy atom. The molecular formula is C13H13BrOS. The zero-order chi connectivity index (χ0) is 11.5. The van der Waals surface area contributed by atoms with Crippen LogP contribution >= 0.6 is 27.3 Å². The van der Waals surface area contributed by atoms with Crippen LogP contribution < -0.4 is 0 Å². The number of hydrogen-bond acceptors (Lipinski definition) is 2. The van der Waals surface area contributed by atoms with Gasteiger partial charge in [-0.3, -0.25) is 0 Å². The first-order valence-corrected chi connectivity index (χ1v) is 6.81. The summed E-state index contributed by atoms with van der Waals surface area (Å²) in [6.45, 7) is 2.03. The molecule has 3 heteroatoms. The third-order valence-electron chi connectivity index (χ3n) is 2.56. The maximum absolute atomic E-state index is 10.2. The Kier molecular flexibility index (Phi) is 3.79. The molecule has 1 aromatic heterocycles. The third kappa shape index (κ3) is 2.54. The van der Waals surface area contributed by atoms with E-state index < -0.39 is 6.10 Å². The molecule has 0 aliphatic carbocycles. The maximum atomic E-state index is 10.2. The van der Waals surface area contributed by atoms with Crippen molar-refractivity contribution in [2.45, 2.75) is 19.4 Å². The summed E-state index contributed by atoms with van der Waals surface area (Å²) in [5.74, 6) is 0. The van der Waals surface area contributed by atoms with Crippen LogP contribution in [-0.4, -0.2) is 5.11 Å². The Labute approximate surface area is 108 Å². The third-order valence-corrected chi connectivity index (χ3v) is 4.54. The lowest BCUT2D eigenvalue weighted by Gasteiger charge is -2.13. The molecule has 84 valence electrons. The van der Waals surface area contributed by atoms with E-state index in [0.717, 1.165) is 15.6 Å². The normalized spacial score (nSPS) is 12.7. The number of aliphatic hydroxyl groups is 1. The Morgan fingerprint density at radius 2 is 2.12 bits per heavy atom. The van der Waals surface area contributed by atoms with Gasteiger partial charge in [0.25, 0.3) is 0 Å². The molecule has 0 saturated carbocycles. The summed E-state index contributed by atoms with van der Waals surface area (Å²) in [5.41, 5.74) is 2.12. The second kappa shape index (κ2) is 5.13. The van der Waals surface area contributed by atoms with Gasteiger partial charge in [-0.15, -0.1) is 11.3 Å². The van der Waals surface area contributed by atoms with Crippen molar-refractivity contribution >= 4 is 27.3 Å². The van der Waals surface area contributed by atoms with Gasteiger partial charge in [-0.05, 0) is 29.5 Å². The number of aryl methyl sites for hydroxylation is 1. The number of thiophene rings is 1. The first kappa shape index (κ1) is 11.8. The summed E-state index contributed by atoms with van der Waals surface area (Å²) in [6.07, 6.45) is 0.243. The molecule has 2 aromatic rings. The lowest BCUT2D eigenvalue weighted by atomic mass is 10.0. The van der Waals surface area contributed by atoms with Crippen molar-refractivity contribution in [1.82, 2.24) is 0 Å². The monoisotopic (exact) mass is 296 g/mol. The van der Waals surface area contributed by atoms with Crippen molar-refractivity contribution < 1.29 is 5.11 Å². The number of aliphatic hydroxyl groups excluding tert-OH is 1. The van der Waals surface area contributed by atoms with Crippen LogP contribution in [0.1, 0.15) is 22.1 Å². The van der Waals surface area contributed by atoms with E-state index in [9.17, 15) is 5.11 Å². The first-order valence-electron chi connectivity index (χ1n) is 5.14. The molecule has 0 bridgehead atoms. The van der Waals surface area contributed by atoms with E-state index >= 15 is 0 Å². The highest BCUT2D eigenvalue weighted by molar-refractivity contribution is 9.10. The van der Waals surface area contributed by atoms with Crippen molar-refractivity contribution in [3.8, 4) is 0 Å². The summed E-state index contributed by atoms with van der Waals surface area (Å²) in [5, 5.41) is 12.2. The van der Waals surface area contributed by atoms with Gasteiger partial charge < -0.3 is 5.11 Å². The smallest absolute Gasteiger partial charge is 0.0849 e. The largest absolute Gasteiger partial charge is 0.388 e. The predicted molar refractivity (Wildman–Crippen MR) is 71.9 cm³/mol. The second-order valence-electron chi connectivity index (χ2n) is 3.78. The molecule has 1 unspecified atom stereocenters. The van der Waals surface area contributed by atoms with Gasteiger partial charge in [-0.25, -0.2) is 0 Å². The van der Waals surface area contributed by atoms with E-state index in [1.165, 1.54) is 4.88 Å². The lowest BCUT2D eigenvalue weighted by Crippen LogP contribution is -2.02. The van der Waals surface area contributed by atoms with Gasteiger partial charge in [0.1, 0.15) is 0 Å². The number of benzene rings is 1. The predicted octanol–water partition coefficient (Wildman–Crippen LogP) is 4.10. The highest BCUT2D eigenvalue weighted by Crippen LogP contribution is 2.29. The molecule has 2 rings (SSSR count). The van der Waals surface area contributed by atoms with Gasteiger partial charge in [0.2, 0.25) is 0 Å². The first-order chi connectivity index (χ1) is 7.68. The van der Waals surface area contributed by atoms with Gasteiger partial charge in [-0.2, -0.15) is 0 Å². The van der Waals surface area contributed by atoms with E-state index in [1.807, 2.05) is 36.6 Å². The molecule has 0 amide bonds. The van der Waals surface area contributed by atoms with E-state index in [0.29, 0.717) is 6.42 Å². The SMILES string of the molecule is Cc1cccc(C(O)Cc2cccs2)c1Br. The minimum atomic E-state index is -0.437. The Bertz CT molecular complexity index is 465. The van der Waals surface area contributed by atoms with Crippen LogP contribution in [0.15, 0.2) is 40.2 Å². The van der Waals surface area contributed by atoms with Crippen LogP contribution in [0, 0.1) is 6.92 Å². The quantitative estimate of drug-likeness (QED) is 0.904. The van der Waals surface area contributed by atoms with Crippen molar-refractivity contribution in [3.63, 3.8) is 0 Å². The molecule has 1 heterocycles. The molecule has 0 aliphatic rings. The van der Waals surface area contributed by atoms with Crippen LogP contribution in [0.5, 0.6) is 0 Å². The second-order valence-corrected chi connectivity index (χ2v) is 5.60. The summed E-state index contributed by atoms with van der Waals surface area (Å²) in [4.78, 5) is 1.21. The molecular weight excluding hydrogens is 284 g/mol. The van der Waals surface area contributed by atoms with Gasteiger partial charge in [-0.1, -0.05) is 40.2 Å². The molecule has 0 aliphatic heterocycles. The number of halogens is 1. The highest BCUT2D eigenvalue weighted by Gasteiger charge is 2.13. The number of hydrogen-bond donors (Lipinski definition) is 1. The van der Waals surface area contributed by atoms with E-state index in [2.05, 4.69) is 22.0 Å². The zero-order valence-corrected chi connectivity index (χ0v) is 11.4. The standard InChI is InChI=1S/C13H13BrOS/c1-9-4-2-6-11(13(9)14)12(15)8-10-5-3-7-16-10/h2-7,12,15H,8H2,1H3. The summed E-state index contributed by atoms with van der Waals surface area (Å²) in [6, 6.07) is 10.0. The maximum Gasteiger partial charge on any atom is 0.0849 e. The zero-order valence-electron chi connectivity index (χ0n) is 8.98. The molecule has 0 radical (unpaired) electrons. The van der Waals surface area contributed by atoms with Gasteiger partial charge in [0, 0.05) is 15.8 Å². The van der Waals surface area contributed by atoms with Crippen LogP contribution in [0.2, 0.25) is 0 Å². The van der Waals surface area contributed by atoms with Gasteiger partial charge in [0.15, 0.2) is 0 Å². The summed E-state index contributed by atoms with van der Waals surface area (Å²) < 4.78 is 1.01. The van der Waals surface area contributed by atoms with Crippen molar-refractivity contribution in [3.05, 3.63) is 56.2 Å². The Balaban J connectivity index is 2.21. The number of rotatable bonds is 3. The van der Waals surface area contributed by atoms with Gasteiger partial charge >= 0.3 is 0 Å². The molecule has 0 saturated heterocycles. The average molecular weight is 297 g/mol. The van der Waals surface area contributed by atoms with Gasteiger partial charge in [0.05, 0.1) is 6.10 Å². The van der Waals surface area contributed by atoms with Crippen molar-refractivity contribution in [1.29, 1.82) is 0 Å². The van der Waals surface area contributed by atoms with E-state index in [-0.39, 0.29) is 0 Å². The highest BCUT2D eigenvalue weighted by atomic mass is 79.9. The summed E-state index contributed by atoms with van der Waals surface area (Å²) in [7, 11) is 0. The lowest BCUT2D eigenvalue weighted by molar-refractivity contribution is 0.178. The van der Waals surface area contributed by atoms with Crippen molar-refractivity contribution in [2.75, 3.05) is 0 Å². The molecule has 0 fully saturated rings.